The Hall–Kier alpha value is -2.74. The molecule has 2 aromatic carbocycles. The van der Waals surface area contributed by atoms with E-state index in [2.05, 4.69) is 32.6 Å². The van der Waals surface area contributed by atoms with Gasteiger partial charge in [0.15, 0.2) is 0 Å². The summed E-state index contributed by atoms with van der Waals surface area (Å²) in [5, 5.41) is 0. The summed E-state index contributed by atoms with van der Waals surface area (Å²) in [6.07, 6.45) is 6.76. The second-order valence-electron chi connectivity index (χ2n) is 6.20. The summed E-state index contributed by atoms with van der Waals surface area (Å²) in [6.45, 7) is 8.29. The fourth-order valence-electron chi connectivity index (χ4n) is 2.44. The Balaban J connectivity index is 1.69. The van der Waals surface area contributed by atoms with Crippen LogP contribution in [0.3, 0.4) is 0 Å². The lowest BCUT2D eigenvalue weighted by Crippen LogP contribution is -1.96. The van der Waals surface area contributed by atoms with Crippen molar-refractivity contribution in [3.8, 4) is 17.2 Å². The standard InChI is InChI=1S/C22H22O2/c1-16(2)18-9-13-20(14-10-18)24-22-6-4-5-21(15-22)23-19-11-7-17(3)8-12-19/h4-7,9-16H,3,8H2,1-2H3. The van der Waals surface area contributed by atoms with Gasteiger partial charge in [-0.2, -0.15) is 0 Å². The molecule has 0 aliphatic heterocycles. The molecule has 0 unspecified atom stereocenters. The van der Waals surface area contributed by atoms with Crippen molar-refractivity contribution in [1.29, 1.82) is 0 Å². The molecular weight excluding hydrogens is 296 g/mol. The molecule has 0 saturated carbocycles. The molecule has 1 aliphatic carbocycles. The van der Waals surface area contributed by atoms with Crippen molar-refractivity contribution in [3.63, 3.8) is 0 Å². The largest absolute Gasteiger partial charge is 0.458 e. The van der Waals surface area contributed by atoms with Gasteiger partial charge in [-0.1, -0.05) is 50.3 Å². The van der Waals surface area contributed by atoms with Gasteiger partial charge >= 0.3 is 0 Å². The molecule has 2 nitrogen and oxygen atoms in total. The van der Waals surface area contributed by atoms with E-state index in [1.807, 2.05) is 54.6 Å². The van der Waals surface area contributed by atoms with Crippen LogP contribution in [-0.4, -0.2) is 0 Å². The highest BCUT2D eigenvalue weighted by Gasteiger charge is 2.05. The third-order valence-electron chi connectivity index (χ3n) is 3.87. The first-order valence-corrected chi connectivity index (χ1v) is 8.22. The van der Waals surface area contributed by atoms with E-state index in [0.29, 0.717) is 5.92 Å². The predicted molar refractivity (Wildman–Crippen MR) is 98.7 cm³/mol. The van der Waals surface area contributed by atoms with Crippen LogP contribution in [0.1, 0.15) is 31.7 Å². The molecule has 0 fully saturated rings. The minimum atomic E-state index is 0.517. The minimum absolute atomic E-state index is 0.517. The van der Waals surface area contributed by atoms with Gasteiger partial charge < -0.3 is 9.47 Å². The van der Waals surface area contributed by atoms with Crippen LogP contribution in [0, 0.1) is 0 Å². The van der Waals surface area contributed by atoms with Gasteiger partial charge in [-0.3, -0.25) is 0 Å². The summed E-state index contributed by atoms with van der Waals surface area (Å²) in [4.78, 5) is 0. The second kappa shape index (κ2) is 7.22. The lowest BCUT2D eigenvalue weighted by atomic mass is 10.0. The van der Waals surface area contributed by atoms with Gasteiger partial charge in [0.1, 0.15) is 23.0 Å². The minimum Gasteiger partial charge on any atom is -0.458 e. The molecular formula is C22H22O2. The van der Waals surface area contributed by atoms with Crippen LogP contribution in [-0.2, 0) is 0 Å². The SMILES string of the molecule is C=C1C=CC(Oc2cccc(Oc3ccc(C(C)C)cc3)c2)=CC1. The lowest BCUT2D eigenvalue weighted by molar-refractivity contribution is 0.432. The van der Waals surface area contributed by atoms with E-state index in [-0.39, 0.29) is 0 Å². The van der Waals surface area contributed by atoms with E-state index in [9.17, 15) is 0 Å². The van der Waals surface area contributed by atoms with Crippen molar-refractivity contribution in [3.05, 3.63) is 90.2 Å². The van der Waals surface area contributed by atoms with E-state index in [4.69, 9.17) is 9.47 Å². The molecule has 0 spiro atoms. The second-order valence-corrected chi connectivity index (χ2v) is 6.20. The van der Waals surface area contributed by atoms with Crippen molar-refractivity contribution in [2.24, 2.45) is 0 Å². The first-order valence-electron chi connectivity index (χ1n) is 8.22. The number of benzene rings is 2. The average Bonchev–Trinajstić information content (AvgIpc) is 2.58. The van der Waals surface area contributed by atoms with Crippen LogP contribution < -0.4 is 9.47 Å². The molecule has 0 amide bonds. The van der Waals surface area contributed by atoms with Gasteiger partial charge in [0, 0.05) is 6.07 Å². The zero-order valence-corrected chi connectivity index (χ0v) is 14.2. The number of rotatable bonds is 5. The number of allylic oxidation sites excluding steroid dienone is 4. The summed E-state index contributed by atoms with van der Waals surface area (Å²) in [6, 6.07) is 15.9. The van der Waals surface area contributed by atoms with E-state index in [1.165, 1.54) is 5.56 Å². The first kappa shape index (κ1) is 16.1. The highest BCUT2D eigenvalue weighted by atomic mass is 16.5. The average molecular weight is 318 g/mol. The maximum absolute atomic E-state index is 5.93. The molecule has 2 aromatic rings. The topological polar surface area (TPSA) is 18.5 Å². The Morgan fingerprint density at radius 2 is 1.58 bits per heavy atom. The van der Waals surface area contributed by atoms with Crippen LogP contribution >= 0.6 is 0 Å². The molecule has 0 radical (unpaired) electrons. The van der Waals surface area contributed by atoms with Gasteiger partial charge in [-0.15, -0.1) is 0 Å². The Morgan fingerprint density at radius 1 is 0.875 bits per heavy atom. The Bertz CT molecular complexity index is 780. The highest BCUT2D eigenvalue weighted by molar-refractivity contribution is 5.40. The predicted octanol–water partition coefficient (Wildman–Crippen LogP) is 6.38. The molecule has 2 heteroatoms. The van der Waals surface area contributed by atoms with Gasteiger partial charge in [0.2, 0.25) is 0 Å². The van der Waals surface area contributed by atoms with Crippen molar-refractivity contribution in [1.82, 2.24) is 0 Å². The third kappa shape index (κ3) is 4.17. The van der Waals surface area contributed by atoms with Gasteiger partial charge in [0.25, 0.3) is 0 Å². The molecule has 0 bridgehead atoms. The molecule has 0 atom stereocenters. The van der Waals surface area contributed by atoms with E-state index in [1.54, 1.807) is 0 Å². The fraction of sp³-hybridized carbons (Fsp3) is 0.182. The van der Waals surface area contributed by atoms with Gasteiger partial charge in [-0.05, 0) is 54.3 Å². The van der Waals surface area contributed by atoms with Crippen LogP contribution in [0.4, 0.5) is 0 Å². The maximum Gasteiger partial charge on any atom is 0.131 e. The Labute approximate surface area is 143 Å². The van der Waals surface area contributed by atoms with E-state index < -0.39 is 0 Å². The summed E-state index contributed by atoms with van der Waals surface area (Å²) in [5.41, 5.74) is 2.39. The Morgan fingerprint density at radius 3 is 2.21 bits per heavy atom. The fourth-order valence-corrected chi connectivity index (χ4v) is 2.44. The first-order chi connectivity index (χ1) is 11.6. The number of ether oxygens (including phenoxy) is 2. The van der Waals surface area contributed by atoms with Crippen molar-refractivity contribution in [2.75, 3.05) is 0 Å². The van der Waals surface area contributed by atoms with Gasteiger partial charge in [0.05, 0.1) is 0 Å². The molecule has 24 heavy (non-hydrogen) atoms. The van der Waals surface area contributed by atoms with Crippen molar-refractivity contribution < 1.29 is 9.47 Å². The molecule has 1 aliphatic rings. The molecule has 122 valence electrons. The van der Waals surface area contributed by atoms with Crippen LogP contribution in [0.15, 0.2) is 84.7 Å². The van der Waals surface area contributed by atoms with E-state index >= 15 is 0 Å². The highest BCUT2D eigenvalue weighted by Crippen LogP contribution is 2.28. The van der Waals surface area contributed by atoms with E-state index in [0.717, 1.165) is 35.0 Å². The van der Waals surface area contributed by atoms with Crippen molar-refractivity contribution >= 4 is 0 Å². The molecule has 0 heterocycles. The zero-order chi connectivity index (χ0) is 16.9. The maximum atomic E-state index is 5.93. The molecule has 0 N–H and O–H groups in total. The lowest BCUT2D eigenvalue weighted by Gasteiger charge is -2.12. The van der Waals surface area contributed by atoms with Gasteiger partial charge in [-0.25, -0.2) is 0 Å². The molecule has 0 saturated heterocycles. The smallest absolute Gasteiger partial charge is 0.131 e. The molecule has 0 aromatic heterocycles. The van der Waals surface area contributed by atoms with Crippen LogP contribution in [0.2, 0.25) is 0 Å². The summed E-state index contributed by atoms with van der Waals surface area (Å²) in [5.74, 6) is 3.69. The zero-order valence-electron chi connectivity index (χ0n) is 14.2. The summed E-state index contributed by atoms with van der Waals surface area (Å²) in [7, 11) is 0. The Kier molecular flexibility index (Phi) is 4.85. The molecule has 3 rings (SSSR count). The summed E-state index contributed by atoms with van der Waals surface area (Å²) >= 11 is 0. The quantitative estimate of drug-likeness (QED) is 0.636. The normalized spacial score (nSPS) is 13.8. The van der Waals surface area contributed by atoms with Crippen LogP contribution in [0.5, 0.6) is 17.2 Å². The van der Waals surface area contributed by atoms with Crippen molar-refractivity contribution in [2.45, 2.75) is 26.2 Å². The number of hydrogen-bond acceptors (Lipinski definition) is 2. The van der Waals surface area contributed by atoms with Crippen LogP contribution in [0.25, 0.3) is 0 Å². The number of hydrogen-bond donors (Lipinski definition) is 0. The summed E-state index contributed by atoms with van der Waals surface area (Å²) < 4.78 is 11.8. The monoisotopic (exact) mass is 318 g/mol. The third-order valence-corrected chi connectivity index (χ3v) is 3.87.